The summed E-state index contributed by atoms with van der Waals surface area (Å²) in [7, 11) is 0. The Balaban J connectivity index is 1.54. The largest absolute Gasteiger partial charge is 0.316 e. The Morgan fingerprint density at radius 2 is 2.19 bits per heavy atom. The third kappa shape index (κ3) is 4.13. The molecule has 0 amide bonds. The minimum absolute atomic E-state index is 0.894. The van der Waals surface area contributed by atoms with Crippen molar-refractivity contribution in [2.45, 2.75) is 51.4 Å². The number of nitrogens with one attached hydrogen (secondary N) is 1. The van der Waals surface area contributed by atoms with Gasteiger partial charge in [0.2, 0.25) is 0 Å². The fraction of sp³-hybridized carbons (Fsp3) is 0.733. The predicted octanol–water partition coefficient (Wildman–Crippen LogP) is 3.82. The second-order valence-electron chi connectivity index (χ2n) is 5.21. The molecular formula is C15H25N. The van der Waals surface area contributed by atoms with Crippen LogP contribution in [0, 0.1) is 5.92 Å². The van der Waals surface area contributed by atoms with Crippen molar-refractivity contribution in [2.75, 3.05) is 13.1 Å². The standard InChI is InChI=1S/C15H25N/c1-3-7-14(8-4-1)11-12-16-13-15-9-5-2-6-10-15/h2,5,7,15-16H,1,3-4,6,8-13H2. The molecule has 1 N–H and O–H groups in total. The van der Waals surface area contributed by atoms with Gasteiger partial charge in [0.15, 0.2) is 0 Å². The molecule has 0 saturated carbocycles. The van der Waals surface area contributed by atoms with E-state index in [4.69, 9.17) is 0 Å². The van der Waals surface area contributed by atoms with Gasteiger partial charge in [-0.15, -0.1) is 0 Å². The molecule has 16 heavy (non-hydrogen) atoms. The average molecular weight is 219 g/mol. The molecule has 0 bridgehead atoms. The normalized spacial score (nSPS) is 25.5. The highest BCUT2D eigenvalue weighted by Crippen LogP contribution is 2.20. The Labute approximate surface area is 100 Å². The zero-order valence-corrected chi connectivity index (χ0v) is 10.4. The Morgan fingerprint density at radius 1 is 1.19 bits per heavy atom. The molecule has 0 aliphatic heterocycles. The summed E-state index contributed by atoms with van der Waals surface area (Å²) in [5.74, 6) is 0.894. The van der Waals surface area contributed by atoms with E-state index in [0.717, 1.165) is 5.92 Å². The van der Waals surface area contributed by atoms with Gasteiger partial charge in [-0.25, -0.2) is 0 Å². The molecule has 0 fully saturated rings. The first-order chi connectivity index (χ1) is 7.95. The van der Waals surface area contributed by atoms with Crippen molar-refractivity contribution in [1.82, 2.24) is 5.32 Å². The van der Waals surface area contributed by atoms with E-state index in [1.165, 1.54) is 64.5 Å². The van der Waals surface area contributed by atoms with Crippen molar-refractivity contribution in [3.63, 3.8) is 0 Å². The van der Waals surface area contributed by atoms with E-state index >= 15 is 0 Å². The van der Waals surface area contributed by atoms with Crippen molar-refractivity contribution in [1.29, 1.82) is 0 Å². The SMILES string of the molecule is C1=CCC(CNCCC2=CCCCC2)CC1. The van der Waals surface area contributed by atoms with E-state index in [1.807, 2.05) is 0 Å². The minimum atomic E-state index is 0.894. The van der Waals surface area contributed by atoms with E-state index in [-0.39, 0.29) is 0 Å². The van der Waals surface area contributed by atoms with Gasteiger partial charge < -0.3 is 5.32 Å². The van der Waals surface area contributed by atoms with Gasteiger partial charge >= 0.3 is 0 Å². The van der Waals surface area contributed by atoms with Gasteiger partial charge in [0, 0.05) is 0 Å². The first-order valence-electron chi connectivity index (χ1n) is 6.99. The van der Waals surface area contributed by atoms with Crippen molar-refractivity contribution < 1.29 is 0 Å². The molecule has 1 unspecified atom stereocenters. The smallest absolute Gasteiger partial charge is 0.00115 e. The van der Waals surface area contributed by atoms with E-state index in [0.29, 0.717) is 0 Å². The molecule has 1 atom stereocenters. The van der Waals surface area contributed by atoms with Crippen molar-refractivity contribution >= 4 is 0 Å². The van der Waals surface area contributed by atoms with Gasteiger partial charge in [0.1, 0.15) is 0 Å². The van der Waals surface area contributed by atoms with Crippen LogP contribution in [0.3, 0.4) is 0 Å². The van der Waals surface area contributed by atoms with Crippen LogP contribution in [0.1, 0.15) is 51.4 Å². The molecule has 2 aliphatic rings. The molecule has 0 aromatic rings. The Kier molecular flexibility index (Phi) is 5.14. The van der Waals surface area contributed by atoms with E-state index in [1.54, 1.807) is 5.57 Å². The molecule has 0 spiro atoms. The molecule has 0 heterocycles. The molecular weight excluding hydrogens is 194 g/mol. The highest BCUT2D eigenvalue weighted by Gasteiger charge is 2.09. The highest BCUT2D eigenvalue weighted by molar-refractivity contribution is 5.05. The van der Waals surface area contributed by atoms with Crippen molar-refractivity contribution in [2.24, 2.45) is 5.92 Å². The lowest BCUT2D eigenvalue weighted by molar-refractivity contribution is 0.441. The lowest BCUT2D eigenvalue weighted by atomic mass is 9.94. The minimum Gasteiger partial charge on any atom is -0.316 e. The molecule has 0 aromatic carbocycles. The van der Waals surface area contributed by atoms with Crippen molar-refractivity contribution in [3.05, 3.63) is 23.8 Å². The molecule has 0 radical (unpaired) electrons. The first-order valence-corrected chi connectivity index (χ1v) is 6.99. The molecule has 0 saturated heterocycles. The van der Waals surface area contributed by atoms with Crippen LogP contribution >= 0.6 is 0 Å². The van der Waals surface area contributed by atoms with Crippen LogP contribution in [-0.2, 0) is 0 Å². The second kappa shape index (κ2) is 6.90. The number of hydrogen-bond donors (Lipinski definition) is 1. The maximum Gasteiger partial charge on any atom is -0.00115 e. The van der Waals surface area contributed by atoms with E-state index < -0.39 is 0 Å². The summed E-state index contributed by atoms with van der Waals surface area (Å²) in [6.07, 6.45) is 17.9. The maximum atomic E-state index is 3.63. The van der Waals surface area contributed by atoms with Crippen LogP contribution < -0.4 is 5.32 Å². The summed E-state index contributed by atoms with van der Waals surface area (Å²) in [6, 6.07) is 0. The highest BCUT2D eigenvalue weighted by atomic mass is 14.9. The average Bonchev–Trinajstić information content (AvgIpc) is 2.37. The van der Waals surface area contributed by atoms with Gasteiger partial charge in [0.25, 0.3) is 0 Å². The third-order valence-corrected chi connectivity index (χ3v) is 3.82. The molecule has 2 aliphatic carbocycles. The van der Waals surface area contributed by atoms with Gasteiger partial charge in [0.05, 0.1) is 0 Å². The van der Waals surface area contributed by atoms with Crippen LogP contribution in [0.4, 0.5) is 0 Å². The van der Waals surface area contributed by atoms with E-state index in [9.17, 15) is 0 Å². The zero-order valence-electron chi connectivity index (χ0n) is 10.4. The Morgan fingerprint density at radius 3 is 2.94 bits per heavy atom. The predicted molar refractivity (Wildman–Crippen MR) is 70.5 cm³/mol. The Hall–Kier alpha value is -0.560. The summed E-state index contributed by atoms with van der Waals surface area (Å²) in [5, 5.41) is 3.63. The summed E-state index contributed by atoms with van der Waals surface area (Å²) >= 11 is 0. The van der Waals surface area contributed by atoms with Crippen LogP contribution in [-0.4, -0.2) is 13.1 Å². The van der Waals surface area contributed by atoms with Gasteiger partial charge in [-0.05, 0) is 70.4 Å². The van der Waals surface area contributed by atoms with Crippen LogP contribution in [0.15, 0.2) is 23.8 Å². The molecule has 90 valence electrons. The molecule has 2 rings (SSSR count). The molecule has 1 nitrogen and oxygen atoms in total. The lowest BCUT2D eigenvalue weighted by Crippen LogP contribution is -2.24. The van der Waals surface area contributed by atoms with Gasteiger partial charge in [-0.3, -0.25) is 0 Å². The number of hydrogen-bond acceptors (Lipinski definition) is 1. The van der Waals surface area contributed by atoms with Crippen LogP contribution in [0.2, 0.25) is 0 Å². The quantitative estimate of drug-likeness (QED) is 0.547. The topological polar surface area (TPSA) is 12.0 Å². The number of rotatable bonds is 5. The fourth-order valence-corrected chi connectivity index (χ4v) is 2.73. The van der Waals surface area contributed by atoms with Gasteiger partial charge in [-0.2, -0.15) is 0 Å². The summed E-state index contributed by atoms with van der Waals surface area (Å²) in [6.45, 7) is 2.41. The summed E-state index contributed by atoms with van der Waals surface area (Å²) in [4.78, 5) is 0. The van der Waals surface area contributed by atoms with Crippen molar-refractivity contribution in [3.8, 4) is 0 Å². The summed E-state index contributed by atoms with van der Waals surface area (Å²) in [5.41, 5.74) is 1.70. The Bertz CT molecular complexity index is 252. The molecule has 1 heteroatoms. The van der Waals surface area contributed by atoms with Crippen LogP contribution in [0.5, 0.6) is 0 Å². The van der Waals surface area contributed by atoms with Crippen LogP contribution in [0.25, 0.3) is 0 Å². The maximum absolute atomic E-state index is 3.63. The fourth-order valence-electron chi connectivity index (χ4n) is 2.73. The third-order valence-electron chi connectivity index (χ3n) is 3.82. The van der Waals surface area contributed by atoms with Gasteiger partial charge in [-0.1, -0.05) is 23.8 Å². The molecule has 0 aromatic heterocycles. The number of allylic oxidation sites excluding steroid dienone is 3. The summed E-state index contributed by atoms with van der Waals surface area (Å²) < 4.78 is 0. The monoisotopic (exact) mass is 219 g/mol. The lowest BCUT2D eigenvalue weighted by Gasteiger charge is -2.19. The second-order valence-corrected chi connectivity index (χ2v) is 5.21. The van der Waals surface area contributed by atoms with E-state index in [2.05, 4.69) is 23.5 Å². The first kappa shape index (κ1) is 11.9. The zero-order chi connectivity index (χ0) is 11.1.